The number of halogens is 1. The number of rotatable bonds is 0. The maximum Gasteiger partial charge on any atom is 0.115 e. The second kappa shape index (κ2) is 3.79. The van der Waals surface area contributed by atoms with Gasteiger partial charge in [0.2, 0.25) is 0 Å². The van der Waals surface area contributed by atoms with Gasteiger partial charge in [0.05, 0.1) is 6.26 Å². The Morgan fingerprint density at radius 2 is 2.21 bits per heavy atom. The molecule has 3 heteroatoms. The fraction of sp³-hybridized carbons (Fsp3) is 0.455. The molecule has 2 heterocycles. The largest absolute Gasteiger partial charge is 0.496 e. The Morgan fingerprint density at radius 1 is 1.29 bits per heavy atom. The van der Waals surface area contributed by atoms with Crippen LogP contribution < -0.4 is 5.32 Å². The highest BCUT2D eigenvalue weighted by molar-refractivity contribution is 5.85. The van der Waals surface area contributed by atoms with Crippen LogP contribution in [-0.2, 0) is 4.74 Å². The topological polar surface area (TPSA) is 21.3 Å². The molecule has 14 heavy (non-hydrogen) atoms. The minimum atomic E-state index is 0. The second-order valence-electron chi connectivity index (χ2n) is 3.88. The summed E-state index contributed by atoms with van der Waals surface area (Å²) in [5, 5.41) is 3.38. The average molecular weight is 212 g/mol. The molecule has 0 bridgehead atoms. The first-order valence-corrected chi connectivity index (χ1v) is 4.86. The number of ether oxygens (including phenoxy) is 1. The molecule has 0 aromatic rings. The van der Waals surface area contributed by atoms with Crippen LogP contribution in [0.15, 0.2) is 36.1 Å². The molecular weight excluding hydrogens is 198 g/mol. The average Bonchev–Trinajstić information content (AvgIpc) is 2.65. The predicted molar refractivity (Wildman–Crippen MR) is 58.3 cm³/mol. The molecule has 0 aromatic carbocycles. The fourth-order valence-corrected chi connectivity index (χ4v) is 2.43. The molecule has 0 amide bonds. The van der Waals surface area contributed by atoms with E-state index in [1.54, 1.807) is 0 Å². The quantitative estimate of drug-likeness (QED) is 0.658. The van der Waals surface area contributed by atoms with Gasteiger partial charge in [0, 0.05) is 24.9 Å². The van der Waals surface area contributed by atoms with Gasteiger partial charge < -0.3 is 10.1 Å². The Balaban J connectivity index is 0.000000750. The zero-order chi connectivity index (χ0) is 8.67. The monoisotopic (exact) mass is 211 g/mol. The van der Waals surface area contributed by atoms with Gasteiger partial charge in [0.1, 0.15) is 6.10 Å². The molecular formula is C11H14ClNO. The van der Waals surface area contributed by atoms with E-state index < -0.39 is 0 Å². The Kier molecular flexibility index (Phi) is 2.66. The molecule has 0 radical (unpaired) electrons. The van der Waals surface area contributed by atoms with Crippen molar-refractivity contribution in [1.29, 1.82) is 0 Å². The van der Waals surface area contributed by atoms with E-state index in [1.165, 1.54) is 5.57 Å². The Morgan fingerprint density at radius 3 is 3.14 bits per heavy atom. The highest BCUT2D eigenvalue weighted by Crippen LogP contribution is 2.35. The number of nitrogens with one attached hydrogen (secondary N) is 1. The van der Waals surface area contributed by atoms with E-state index in [2.05, 4.69) is 29.6 Å². The smallest absolute Gasteiger partial charge is 0.115 e. The minimum Gasteiger partial charge on any atom is -0.496 e. The Labute approximate surface area is 90.1 Å². The summed E-state index contributed by atoms with van der Waals surface area (Å²) >= 11 is 0. The van der Waals surface area contributed by atoms with Crippen LogP contribution in [0, 0.1) is 11.8 Å². The lowest BCUT2D eigenvalue weighted by molar-refractivity contribution is 0.0875. The summed E-state index contributed by atoms with van der Waals surface area (Å²) < 4.78 is 5.66. The van der Waals surface area contributed by atoms with Gasteiger partial charge in [-0.15, -0.1) is 12.4 Å². The molecule has 0 aromatic heterocycles. The fourth-order valence-electron chi connectivity index (χ4n) is 2.43. The third-order valence-electron chi connectivity index (χ3n) is 3.15. The van der Waals surface area contributed by atoms with Gasteiger partial charge in [-0.1, -0.05) is 24.3 Å². The van der Waals surface area contributed by atoms with Crippen LogP contribution in [0.25, 0.3) is 0 Å². The van der Waals surface area contributed by atoms with Crippen LogP contribution in [0.2, 0.25) is 0 Å². The van der Waals surface area contributed by atoms with E-state index in [-0.39, 0.29) is 12.4 Å². The summed E-state index contributed by atoms with van der Waals surface area (Å²) in [6, 6.07) is 0. The normalized spacial score (nSPS) is 37.7. The lowest BCUT2D eigenvalue weighted by atomic mass is 9.80. The summed E-state index contributed by atoms with van der Waals surface area (Å²) in [5.41, 5.74) is 1.33. The van der Waals surface area contributed by atoms with Crippen LogP contribution in [0.4, 0.5) is 0 Å². The first kappa shape index (κ1) is 9.81. The van der Waals surface area contributed by atoms with E-state index in [1.807, 2.05) is 6.26 Å². The van der Waals surface area contributed by atoms with Crippen molar-refractivity contribution in [1.82, 2.24) is 5.32 Å². The van der Waals surface area contributed by atoms with Crippen molar-refractivity contribution in [2.45, 2.75) is 6.10 Å². The van der Waals surface area contributed by atoms with E-state index in [0.717, 1.165) is 13.1 Å². The highest BCUT2D eigenvalue weighted by atomic mass is 35.5. The van der Waals surface area contributed by atoms with Gasteiger partial charge in [0.25, 0.3) is 0 Å². The van der Waals surface area contributed by atoms with Crippen molar-refractivity contribution in [2.75, 3.05) is 13.1 Å². The first-order valence-electron chi connectivity index (χ1n) is 4.86. The highest BCUT2D eigenvalue weighted by Gasteiger charge is 2.38. The van der Waals surface area contributed by atoms with Gasteiger partial charge >= 0.3 is 0 Å². The molecule has 3 aliphatic rings. The van der Waals surface area contributed by atoms with Crippen LogP contribution in [0.3, 0.4) is 0 Å². The zero-order valence-corrected chi connectivity index (χ0v) is 8.67. The molecule has 2 nitrogen and oxygen atoms in total. The Hall–Kier alpha value is -0.730. The first-order chi connectivity index (χ1) is 6.45. The second-order valence-corrected chi connectivity index (χ2v) is 3.88. The Bertz CT molecular complexity index is 308. The van der Waals surface area contributed by atoms with E-state index in [4.69, 9.17) is 4.74 Å². The molecule has 1 aliphatic carbocycles. The van der Waals surface area contributed by atoms with Crippen molar-refractivity contribution in [2.24, 2.45) is 11.8 Å². The predicted octanol–water partition coefficient (Wildman–Crippen LogP) is 1.65. The molecule has 0 spiro atoms. The molecule has 1 fully saturated rings. The molecule has 3 rings (SSSR count). The standard InChI is InChI=1S/C11H13NO.ClH/c1-2-4-9-8(3-1)7-13-11-6-12-5-10(9)11;/h1-4,7,9-12H,5-6H2;1H. The summed E-state index contributed by atoms with van der Waals surface area (Å²) in [6.07, 6.45) is 11.0. The summed E-state index contributed by atoms with van der Waals surface area (Å²) in [6.45, 7) is 2.09. The van der Waals surface area contributed by atoms with Crippen molar-refractivity contribution < 1.29 is 4.74 Å². The lowest BCUT2D eigenvalue weighted by Crippen LogP contribution is -2.32. The summed E-state index contributed by atoms with van der Waals surface area (Å²) in [4.78, 5) is 0. The molecule has 1 N–H and O–H groups in total. The molecule has 0 saturated carbocycles. The lowest BCUT2D eigenvalue weighted by Gasteiger charge is -2.32. The van der Waals surface area contributed by atoms with Crippen LogP contribution in [0.5, 0.6) is 0 Å². The van der Waals surface area contributed by atoms with E-state index in [0.29, 0.717) is 17.9 Å². The molecule has 3 unspecified atom stereocenters. The maximum atomic E-state index is 5.66. The van der Waals surface area contributed by atoms with Gasteiger partial charge in [0.15, 0.2) is 0 Å². The molecule has 76 valence electrons. The third-order valence-corrected chi connectivity index (χ3v) is 3.15. The van der Waals surface area contributed by atoms with E-state index in [9.17, 15) is 0 Å². The number of hydrogen-bond donors (Lipinski definition) is 1. The summed E-state index contributed by atoms with van der Waals surface area (Å²) in [5.74, 6) is 1.22. The third kappa shape index (κ3) is 1.39. The van der Waals surface area contributed by atoms with Gasteiger partial charge in [-0.3, -0.25) is 0 Å². The molecule has 1 saturated heterocycles. The van der Waals surface area contributed by atoms with Gasteiger partial charge in [-0.05, 0) is 5.57 Å². The van der Waals surface area contributed by atoms with Gasteiger partial charge in [-0.2, -0.15) is 0 Å². The van der Waals surface area contributed by atoms with Crippen molar-refractivity contribution in [3.8, 4) is 0 Å². The van der Waals surface area contributed by atoms with Crippen molar-refractivity contribution in [3.05, 3.63) is 36.1 Å². The zero-order valence-electron chi connectivity index (χ0n) is 7.85. The van der Waals surface area contributed by atoms with Crippen molar-refractivity contribution in [3.63, 3.8) is 0 Å². The van der Waals surface area contributed by atoms with Gasteiger partial charge in [-0.25, -0.2) is 0 Å². The SMILES string of the molecule is C1=CC2=COC3CNCC3C2C=C1.Cl. The van der Waals surface area contributed by atoms with Crippen LogP contribution in [-0.4, -0.2) is 19.2 Å². The molecule has 3 atom stereocenters. The van der Waals surface area contributed by atoms with Crippen LogP contribution in [0.1, 0.15) is 0 Å². The van der Waals surface area contributed by atoms with E-state index >= 15 is 0 Å². The molecule has 2 aliphatic heterocycles. The maximum absolute atomic E-state index is 5.66. The number of allylic oxidation sites excluding steroid dienone is 5. The number of hydrogen-bond acceptors (Lipinski definition) is 2. The number of fused-ring (bicyclic) bond motifs is 3. The van der Waals surface area contributed by atoms with Crippen LogP contribution >= 0.6 is 12.4 Å². The van der Waals surface area contributed by atoms with Crippen molar-refractivity contribution >= 4 is 12.4 Å². The minimum absolute atomic E-state index is 0. The summed E-state index contributed by atoms with van der Waals surface area (Å²) in [7, 11) is 0.